The molecule has 16 heteroatoms. The Labute approximate surface area is 204 Å². The summed E-state index contributed by atoms with van der Waals surface area (Å²) in [5.74, 6) is -2.75. The molecule has 1 amide bonds. The van der Waals surface area contributed by atoms with Crippen molar-refractivity contribution >= 4 is 45.1 Å². The van der Waals surface area contributed by atoms with Gasteiger partial charge in [-0.05, 0) is 12.8 Å². The number of alkyl halides is 5. The van der Waals surface area contributed by atoms with Crippen molar-refractivity contribution in [1.82, 2.24) is 19.7 Å². The maximum Gasteiger partial charge on any atom is 0.490 e. The lowest BCUT2D eigenvalue weighted by Crippen LogP contribution is -2.42. The Hall–Kier alpha value is -3.40. The van der Waals surface area contributed by atoms with Crippen LogP contribution in [0.15, 0.2) is 17.8 Å². The fourth-order valence-electron chi connectivity index (χ4n) is 3.52. The Balaban J connectivity index is 0.000000454. The van der Waals surface area contributed by atoms with E-state index in [0.29, 0.717) is 16.2 Å². The number of carbonyl (C=O) groups is 2. The van der Waals surface area contributed by atoms with E-state index in [4.69, 9.17) is 15.6 Å². The SMILES string of the molecule is Cn1cc(NC(=O)c2csc3ncc(N[C@@H]4CCCC[C@@H]4N)nc23)c(C(F)F)n1.O=C(O)C(F)(F)F. The van der Waals surface area contributed by atoms with E-state index in [1.165, 1.54) is 29.3 Å². The van der Waals surface area contributed by atoms with Crippen LogP contribution in [0.4, 0.5) is 33.5 Å². The number of aromatic nitrogens is 4. The summed E-state index contributed by atoms with van der Waals surface area (Å²) in [5.41, 5.74) is 6.38. The van der Waals surface area contributed by atoms with Gasteiger partial charge in [-0.25, -0.2) is 23.5 Å². The van der Waals surface area contributed by atoms with E-state index >= 15 is 0 Å². The van der Waals surface area contributed by atoms with Crippen LogP contribution in [-0.2, 0) is 11.8 Å². The number of amides is 1. The summed E-state index contributed by atoms with van der Waals surface area (Å²) in [7, 11) is 1.51. The third-order valence-electron chi connectivity index (χ3n) is 5.23. The van der Waals surface area contributed by atoms with Crippen molar-refractivity contribution in [2.75, 3.05) is 10.6 Å². The zero-order valence-corrected chi connectivity index (χ0v) is 19.5. The van der Waals surface area contributed by atoms with Crippen molar-refractivity contribution in [3.8, 4) is 0 Å². The average Bonchev–Trinajstić information content (AvgIpc) is 3.38. The Morgan fingerprint density at radius 3 is 2.56 bits per heavy atom. The van der Waals surface area contributed by atoms with E-state index in [9.17, 15) is 26.7 Å². The molecular formula is C20H22F5N7O3S. The minimum atomic E-state index is -5.08. The van der Waals surface area contributed by atoms with Crippen LogP contribution in [0.2, 0.25) is 0 Å². The molecule has 36 heavy (non-hydrogen) atoms. The highest BCUT2D eigenvalue weighted by Gasteiger charge is 2.38. The highest BCUT2D eigenvalue weighted by molar-refractivity contribution is 7.17. The molecular weight excluding hydrogens is 513 g/mol. The molecule has 0 unspecified atom stereocenters. The van der Waals surface area contributed by atoms with Gasteiger partial charge in [0.2, 0.25) is 0 Å². The summed E-state index contributed by atoms with van der Waals surface area (Å²) in [6.07, 6.45) is -0.777. The Bertz CT molecular complexity index is 1230. The molecule has 1 aliphatic rings. The van der Waals surface area contributed by atoms with E-state index in [1.54, 1.807) is 11.6 Å². The van der Waals surface area contributed by atoms with Crippen LogP contribution in [0.5, 0.6) is 0 Å². The summed E-state index contributed by atoms with van der Waals surface area (Å²) < 4.78 is 59.2. The topological polar surface area (TPSA) is 148 Å². The first-order valence-corrected chi connectivity index (χ1v) is 11.4. The number of nitrogens with zero attached hydrogens (tertiary/aromatic N) is 4. The first kappa shape index (κ1) is 27.2. The molecule has 4 rings (SSSR count). The van der Waals surface area contributed by atoms with Gasteiger partial charge in [-0.1, -0.05) is 12.8 Å². The van der Waals surface area contributed by atoms with Crippen LogP contribution < -0.4 is 16.4 Å². The van der Waals surface area contributed by atoms with Crippen LogP contribution in [0.1, 0.15) is 48.2 Å². The lowest BCUT2D eigenvalue weighted by Gasteiger charge is -2.29. The predicted molar refractivity (Wildman–Crippen MR) is 121 cm³/mol. The number of aliphatic carboxylic acids is 1. The molecule has 0 radical (unpaired) electrons. The van der Waals surface area contributed by atoms with Crippen molar-refractivity contribution in [2.45, 2.75) is 50.4 Å². The van der Waals surface area contributed by atoms with Gasteiger partial charge in [0.05, 0.1) is 17.4 Å². The maximum absolute atomic E-state index is 13.1. The number of hydrogen-bond acceptors (Lipinski definition) is 8. The van der Waals surface area contributed by atoms with Crippen molar-refractivity contribution in [3.05, 3.63) is 29.0 Å². The molecule has 5 N–H and O–H groups in total. The molecule has 2 atom stereocenters. The molecule has 1 fully saturated rings. The average molecular weight is 535 g/mol. The van der Waals surface area contributed by atoms with Gasteiger partial charge in [-0.3, -0.25) is 9.48 Å². The highest BCUT2D eigenvalue weighted by Crippen LogP contribution is 2.29. The quantitative estimate of drug-likeness (QED) is 0.359. The third kappa shape index (κ3) is 6.63. The molecule has 3 aromatic rings. The number of rotatable bonds is 5. The summed E-state index contributed by atoms with van der Waals surface area (Å²) >= 11 is 1.27. The first-order valence-electron chi connectivity index (χ1n) is 10.6. The van der Waals surface area contributed by atoms with Crippen molar-refractivity contribution < 1.29 is 36.6 Å². The van der Waals surface area contributed by atoms with Crippen LogP contribution in [0.25, 0.3) is 10.3 Å². The molecule has 0 bridgehead atoms. The van der Waals surface area contributed by atoms with E-state index < -0.39 is 30.2 Å². The molecule has 3 heterocycles. The number of nitrogens with two attached hydrogens (primary N) is 1. The van der Waals surface area contributed by atoms with Gasteiger partial charge < -0.3 is 21.5 Å². The van der Waals surface area contributed by atoms with Crippen molar-refractivity contribution in [3.63, 3.8) is 0 Å². The van der Waals surface area contributed by atoms with E-state index in [0.717, 1.165) is 25.7 Å². The van der Waals surface area contributed by atoms with Crippen LogP contribution in [0.3, 0.4) is 0 Å². The number of carbonyl (C=O) groups excluding carboxylic acids is 1. The standard InChI is InChI=1S/C18H21F2N7OS.C2HF3O2/c1-27-7-12(15(26-27)16(19)20)24-17(28)9-8-29-18-14(9)25-13(6-22-18)23-11-5-3-2-4-10(11)21;3-2(4,5)1(6)7/h6-8,10-11,16H,2-5,21H2,1H3,(H,23,25)(H,24,28);(H,6,7)/t10-,11+;/m0./s1. The second-order valence-electron chi connectivity index (χ2n) is 7.92. The zero-order valence-electron chi connectivity index (χ0n) is 18.7. The summed E-state index contributed by atoms with van der Waals surface area (Å²) in [6, 6.07) is 0.153. The highest BCUT2D eigenvalue weighted by atomic mass is 32.1. The van der Waals surface area contributed by atoms with E-state index in [1.807, 2.05) is 0 Å². The van der Waals surface area contributed by atoms with Crippen molar-refractivity contribution in [1.29, 1.82) is 0 Å². The van der Waals surface area contributed by atoms with Gasteiger partial charge in [-0.15, -0.1) is 11.3 Å². The second-order valence-corrected chi connectivity index (χ2v) is 8.78. The maximum atomic E-state index is 13.1. The van der Waals surface area contributed by atoms with Crippen LogP contribution in [0, 0.1) is 0 Å². The van der Waals surface area contributed by atoms with Crippen molar-refractivity contribution in [2.24, 2.45) is 12.8 Å². The number of anilines is 2. The molecule has 0 saturated heterocycles. The van der Waals surface area contributed by atoms with E-state index in [2.05, 4.69) is 25.7 Å². The fourth-order valence-corrected chi connectivity index (χ4v) is 4.35. The number of fused-ring (bicyclic) bond motifs is 1. The lowest BCUT2D eigenvalue weighted by atomic mass is 9.91. The van der Waals surface area contributed by atoms with Crippen LogP contribution >= 0.6 is 11.3 Å². The predicted octanol–water partition coefficient (Wildman–Crippen LogP) is 3.93. The normalized spacial score (nSPS) is 18.0. The number of aryl methyl sites for hydroxylation is 1. The van der Waals surface area contributed by atoms with Gasteiger partial charge >= 0.3 is 12.1 Å². The second kappa shape index (κ2) is 11.1. The minimum Gasteiger partial charge on any atom is -0.475 e. The molecule has 0 aliphatic heterocycles. The molecule has 0 aromatic carbocycles. The molecule has 10 nitrogen and oxygen atoms in total. The largest absolute Gasteiger partial charge is 0.490 e. The number of halogens is 5. The number of carboxylic acids is 1. The molecule has 0 spiro atoms. The Morgan fingerprint density at radius 2 is 1.94 bits per heavy atom. The number of carboxylic acid groups (broad SMARTS) is 1. The number of thiophene rings is 1. The van der Waals surface area contributed by atoms with E-state index in [-0.39, 0.29) is 23.3 Å². The molecule has 1 saturated carbocycles. The Morgan fingerprint density at radius 1 is 1.28 bits per heavy atom. The van der Waals surface area contributed by atoms with Gasteiger partial charge in [0, 0.05) is 30.7 Å². The monoisotopic (exact) mass is 535 g/mol. The minimum absolute atomic E-state index is 0.0257. The fraction of sp³-hybridized carbons (Fsp3) is 0.450. The lowest BCUT2D eigenvalue weighted by molar-refractivity contribution is -0.192. The Kier molecular flexibility index (Phi) is 8.39. The summed E-state index contributed by atoms with van der Waals surface area (Å²) in [4.78, 5) is 31.1. The summed E-state index contributed by atoms with van der Waals surface area (Å²) in [5, 5.41) is 18.3. The van der Waals surface area contributed by atoms with Gasteiger partial charge in [0.15, 0.2) is 5.69 Å². The number of nitrogens with one attached hydrogen (secondary N) is 2. The molecule has 3 aromatic heterocycles. The molecule has 1 aliphatic carbocycles. The summed E-state index contributed by atoms with van der Waals surface area (Å²) in [6.45, 7) is 0. The zero-order chi connectivity index (χ0) is 26.6. The smallest absolute Gasteiger partial charge is 0.475 e. The van der Waals surface area contributed by atoms with Crippen LogP contribution in [-0.4, -0.2) is 55.0 Å². The van der Waals surface area contributed by atoms with Gasteiger partial charge in [-0.2, -0.15) is 18.3 Å². The molecule has 196 valence electrons. The first-order chi connectivity index (χ1) is 16.9. The number of hydrogen-bond donors (Lipinski definition) is 4. The third-order valence-corrected chi connectivity index (χ3v) is 6.11. The van der Waals surface area contributed by atoms with Gasteiger partial charge in [0.1, 0.15) is 16.2 Å². The van der Waals surface area contributed by atoms with Gasteiger partial charge in [0.25, 0.3) is 12.3 Å².